The Kier molecular flexibility index (Phi) is 8.92. The Balaban J connectivity index is 0.000000220. The molecule has 0 aliphatic heterocycles. The maximum atomic E-state index is 13.7. The van der Waals surface area contributed by atoms with Crippen molar-refractivity contribution in [3.63, 3.8) is 0 Å². The molecule has 3 rings (SSSR count). The molecule has 1 aromatic rings. The van der Waals surface area contributed by atoms with Gasteiger partial charge in [0, 0.05) is 5.92 Å². The van der Waals surface area contributed by atoms with Crippen LogP contribution in [0.1, 0.15) is 98.0 Å². The highest BCUT2D eigenvalue weighted by Crippen LogP contribution is 2.65. The van der Waals surface area contributed by atoms with Crippen LogP contribution in [-0.4, -0.2) is 0 Å². The lowest BCUT2D eigenvalue weighted by molar-refractivity contribution is 0.142. The molecule has 1 fully saturated rings. The van der Waals surface area contributed by atoms with Gasteiger partial charge in [-0.3, -0.25) is 0 Å². The van der Waals surface area contributed by atoms with Crippen molar-refractivity contribution < 1.29 is 4.39 Å². The third-order valence-electron chi connectivity index (χ3n) is 8.44. The second-order valence-corrected chi connectivity index (χ2v) is 10.5. The van der Waals surface area contributed by atoms with Crippen molar-refractivity contribution in [1.82, 2.24) is 0 Å². The lowest BCUT2D eigenvalue weighted by atomic mass is 9.66. The summed E-state index contributed by atoms with van der Waals surface area (Å²) < 4.78 is 13.7. The van der Waals surface area contributed by atoms with Crippen molar-refractivity contribution in [3.05, 3.63) is 72.1 Å². The van der Waals surface area contributed by atoms with Gasteiger partial charge < -0.3 is 0 Å². The summed E-state index contributed by atoms with van der Waals surface area (Å²) in [5, 5.41) is 0. The normalized spacial score (nSPS) is 26.3. The summed E-state index contributed by atoms with van der Waals surface area (Å²) in [4.78, 5) is 0. The van der Waals surface area contributed by atoms with E-state index in [4.69, 9.17) is 0 Å². The first-order chi connectivity index (χ1) is 14.6. The third kappa shape index (κ3) is 5.41. The maximum Gasteiger partial charge on any atom is 0.127 e. The second-order valence-electron chi connectivity index (χ2n) is 10.5. The first-order valence-corrected chi connectivity index (χ1v) is 12.4. The molecular formula is C30H45F. The highest BCUT2D eigenvalue weighted by Gasteiger charge is 2.57. The van der Waals surface area contributed by atoms with E-state index in [0.717, 1.165) is 55.1 Å². The number of hydrogen-bond donors (Lipinski definition) is 0. The summed E-state index contributed by atoms with van der Waals surface area (Å²) in [5.41, 5.74) is 4.26. The molecule has 2 aliphatic carbocycles. The number of benzene rings is 1. The SMILES string of the molecule is C=C(CC)CC1CC2C=CC1(C)C2(C)C.C=C(CCCC)C(CC)c1ccccc1F. The van der Waals surface area contributed by atoms with Crippen molar-refractivity contribution in [2.45, 2.75) is 92.4 Å². The van der Waals surface area contributed by atoms with Crippen molar-refractivity contribution in [3.8, 4) is 0 Å². The minimum absolute atomic E-state index is 0.105. The van der Waals surface area contributed by atoms with E-state index in [2.05, 4.69) is 66.9 Å². The van der Waals surface area contributed by atoms with E-state index in [9.17, 15) is 4.39 Å². The van der Waals surface area contributed by atoms with Gasteiger partial charge in [0.15, 0.2) is 0 Å². The number of halogens is 1. The Morgan fingerprint density at radius 2 is 1.81 bits per heavy atom. The molecule has 0 saturated heterocycles. The van der Waals surface area contributed by atoms with Crippen molar-refractivity contribution in [2.24, 2.45) is 22.7 Å². The molecule has 0 heterocycles. The summed E-state index contributed by atoms with van der Waals surface area (Å²) in [6.07, 6.45) is 12.9. The van der Waals surface area contributed by atoms with Crippen LogP contribution in [0.4, 0.5) is 4.39 Å². The van der Waals surface area contributed by atoms with E-state index in [1.54, 1.807) is 6.07 Å². The van der Waals surface area contributed by atoms with Crippen LogP contribution in [-0.2, 0) is 0 Å². The fraction of sp³-hybridized carbons (Fsp3) is 0.600. The van der Waals surface area contributed by atoms with E-state index < -0.39 is 0 Å². The lowest BCUT2D eigenvalue weighted by Crippen LogP contribution is -2.32. The van der Waals surface area contributed by atoms with Gasteiger partial charge >= 0.3 is 0 Å². The number of hydrogen-bond acceptors (Lipinski definition) is 0. The van der Waals surface area contributed by atoms with Crippen LogP contribution in [0.15, 0.2) is 60.7 Å². The minimum atomic E-state index is -0.105. The molecule has 0 nitrogen and oxygen atoms in total. The Morgan fingerprint density at radius 3 is 2.29 bits per heavy atom. The smallest absolute Gasteiger partial charge is 0.127 e. The Bertz CT molecular complexity index is 783. The van der Waals surface area contributed by atoms with Crippen molar-refractivity contribution in [2.75, 3.05) is 0 Å². The number of unbranched alkanes of at least 4 members (excludes halogenated alkanes) is 1. The molecule has 0 amide bonds. The maximum absolute atomic E-state index is 13.7. The lowest BCUT2D eigenvalue weighted by Gasteiger charge is -2.38. The molecule has 1 saturated carbocycles. The van der Waals surface area contributed by atoms with Crippen LogP contribution in [0.25, 0.3) is 0 Å². The minimum Gasteiger partial charge on any atom is -0.207 e. The monoisotopic (exact) mass is 424 g/mol. The van der Waals surface area contributed by atoms with E-state index in [1.807, 2.05) is 12.1 Å². The third-order valence-corrected chi connectivity index (χ3v) is 8.44. The largest absolute Gasteiger partial charge is 0.207 e. The molecule has 1 heteroatoms. The number of allylic oxidation sites excluding steroid dienone is 4. The fourth-order valence-corrected chi connectivity index (χ4v) is 5.61. The Morgan fingerprint density at radius 1 is 1.13 bits per heavy atom. The van der Waals surface area contributed by atoms with Gasteiger partial charge in [-0.25, -0.2) is 4.39 Å². The molecule has 2 aliphatic rings. The molecule has 0 N–H and O–H groups in total. The predicted molar refractivity (Wildman–Crippen MR) is 135 cm³/mol. The average molecular weight is 425 g/mol. The van der Waals surface area contributed by atoms with Gasteiger partial charge in [0.05, 0.1) is 0 Å². The zero-order chi connectivity index (χ0) is 23.2. The van der Waals surface area contributed by atoms with Crippen LogP contribution in [0, 0.1) is 28.5 Å². The van der Waals surface area contributed by atoms with E-state index in [0.29, 0.717) is 10.8 Å². The zero-order valence-corrected chi connectivity index (χ0v) is 20.9. The summed E-state index contributed by atoms with van der Waals surface area (Å²) >= 11 is 0. The van der Waals surface area contributed by atoms with Gasteiger partial charge in [-0.1, -0.05) is 103 Å². The Labute approximate surface area is 191 Å². The molecule has 0 radical (unpaired) electrons. The molecule has 0 aromatic heterocycles. The summed E-state index contributed by atoms with van der Waals surface area (Å²) in [7, 11) is 0. The number of rotatable bonds is 9. The van der Waals surface area contributed by atoms with Crippen LogP contribution in [0.5, 0.6) is 0 Å². The second kappa shape index (κ2) is 10.8. The fourth-order valence-electron chi connectivity index (χ4n) is 5.61. The first kappa shape index (κ1) is 25.6. The quantitative estimate of drug-likeness (QED) is 0.346. The molecule has 2 bridgehead atoms. The van der Waals surface area contributed by atoms with Crippen molar-refractivity contribution in [1.29, 1.82) is 0 Å². The molecule has 0 spiro atoms. The molecule has 31 heavy (non-hydrogen) atoms. The Hall–Kier alpha value is -1.63. The van der Waals surface area contributed by atoms with E-state index in [1.165, 1.54) is 24.5 Å². The predicted octanol–water partition coefficient (Wildman–Crippen LogP) is 9.65. The van der Waals surface area contributed by atoms with Gasteiger partial charge in [0.25, 0.3) is 0 Å². The topological polar surface area (TPSA) is 0 Å². The van der Waals surface area contributed by atoms with Crippen LogP contribution >= 0.6 is 0 Å². The summed E-state index contributed by atoms with van der Waals surface area (Å²) in [5.74, 6) is 1.70. The van der Waals surface area contributed by atoms with Crippen LogP contribution in [0.3, 0.4) is 0 Å². The highest BCUT2D eigenvalue weighted by atomic mass is 19.1. The first-order valence-electron chi connectivity index (χ1n) is 12.4. The van der Waals surface area contributed by atoms with E-state index in [-0.39, 0.29) is 11.7 Å². The molecule has 172 valence electrons. The van der Waals surface area contributed by atoms with Crippen LogP contribution in [0.2, 0.25) is 0 Å². The summed E-state index contributed by atoms with van der Waals surface area (Å²) in [6.45, 7) is 22.1. The van der Waals surface area contributed by atoms with Gasteiger partial charge in [-0.05, 0) is 72.8 Å². The van der Waals surface area contributed by atoms with Gasteiger partial charge in [0.1, 0.15) is 5.82 Å². The standard InChI is InChI=1S/C15H21F.C15H24/c1-4-6-9-12(3)13(5-2)14-10-7-8-11-15(14)16;1-6-11(2)9-13-10-12-7-8-15(13,5)14(12,3)4/h7-8,10-11,13H,3-6,9H2,1-2H3;7-8,12-13H,2,6,9-10H2,1,3-5H3. The van der Waals surface area contributed by atoms with Crippen molar-refractivity contribution >= 4 is 0 Å². The van der Waals surface area contributed by atoms with Gasteiger partial charge in [-0.2, -0.15) is 0 Å². The highest BCUT2D eigenvalue weighted by molar-refractivity contribution is 5.29. The van der Waals surface area contributed by atoms with E-state index >= 15 is 0 Å². The molecular weight excluding hydrogens is 379 g/mol. The van der Waals surface area contributed by atoms with Gasteiger partial charge in [-0.15, -0.1) is 0 Å². The van der Waals surface area contributed by atoms with Crippen LogP contribution < -0.4 is 0 Å². The molecule has 4 unspecified atom stereocenters. The number of fused-ring (bicyclic) bond motifs is 2. The molecule has 4 atom stereocenters. The average Bonchev–Trinajstić information content (AvgIpc) is 3.08. The zero-order valence-electron chi connectivity index (χ0n) is 20.9. The molecule has 1 aromatic carbocycles. The van der Waals surface area contributed by atoms with Gasteiger partial charge in [0.2, 0.25) is 0 Å². The summed E-state index contributed by atoms with van der Waals surface area (Å²) in [6, 6.07) is 7.04.